The van der Waals surface area contributed by atoms with E-state index in [0.29, 0.717) is 13.0 Å². The van der Waals surface area contributed by atoms with Crippen molar-refractivity contribution in [3.05, 3.63) is 45.0 Å². The normalized spacial score (nSPS) is 9.90. The molecule has 0 aliphatic carbocycles. The van der Waals surface area contributed by atoms with E-state index in [0.717, 1.165) is 10.4 Å². The van der Waals surface area contributed by atoms with Crippen molar-refractivity contribution in [3.63, 3.8) is 0 Å². The predicted molar refractivity (Wildman–Crippen MR) is 77.8 cm³/mol. The fraction of sp³-hybridized carbons (Fsp3) is 0.214. The quantitative estimate of drug-likeness (QED) is 0.854. The van der Waals surface area contributed by atoms with Crippen LogP contribution < -0.4 is 5.32 Å². The lowest BCUT2D eigenvalue weighted by atomic mass is 10.2. The zero-order valence-electron chi connectivity index (χ0n) is 10.5. The first-order chi connectivity index (χ1) is 9.70. The number of thiophene rings is 1. The lowest BCUT2D eigenvalue weighted by molar-refractivity contribution is 0.0923. The lowest BCUT2D eigenvalue weighted by Gasteiger charge is -2.01. The van der Waals surface area contributed by atoms with Gasteiger partial charge in [-0.1, -0.05) is 11.8 Å². The van der Waals surface area contributed by atoms with Gasteiger partial charge in [0.15, 0.2) is 11.0 Å². The summed E-state index contributed by atoms with van der Waals surface area (Å²) in [6.07, 6.45) is 0.437. The summed E-state index contributed by atoms with van der Waals surface area (Å²) >= 11 is 7.13. The second-order valence-electron chi connectivity index (χ2n) is 3.82. The molecule has 2 heterocycles. The monoisotopic (exact) mass is 309 g/mol. The van der Waals surface area contributed by atoms with Gasteiger partial charge in [-0.25, -0.2) is 0 Å². The first-order valence-corrected chi connectivity index (χ1v) is 7.16. The molecule has 20 heavy (non-hydrogen) atoms. The average molecular weight is 310 g/mol. The van der Waals surface area contributed by atoms with Gasteiger partial charge < -0.3 is 14.8 Å². The Hall–Kier alpha value is -1.74. The van der Waals surface area contributed by atoms with Crippen molar-refractivity contribution in [2.24, 2.45) is 0 Å². The highest BCUT2D eigenvalue weighted by Crippen LogP contribution is 2.17. The van der Waals surface area contributed by atoms with Crippen molar-refractivity contribution in [1.82, 2.24) is 5.32 Å². The van der Waals surface area contributed by atoms with E-state index in [4.69, 9.17) is 21.1 Å². The van der Waals surface area contributed by atoms with Crippen LogP contribution in [0.2, 0.25) is 5.22 Å². The first kappa shape index (κ1) is 14.7. The van der Waals surface area contributed by atoms with Crippen molar-refractivity contribution >= 4 is 28.8 Å². The number of hydrogen-bond donors (Lipinski definition) is 2. The van der Waals surface area contributed by atoms with E-state index < -0.39 is 0 Å². The maximum Gasteiger partial charge on any atom is 0.287 e. The highest BCUT2D eigenvalue weighted by atomic mass is 35.5. The van der Waals surface area contributed by atoms with E-state index in [1.54, 1.807) is 0 Å². The zero-order valence-corrected chi connectivity index (χ0v) is 12.1. The largest absolute Gasteiger partial charge is 0.440 e. The van der Waals surface area contributed by atoms with Gasteiger partial charge in [-0.3, -0.25) is 4.79 Å². The van der Waals surface area contributed by atoms with E-state index in [1.165, 1.54) is 23.5 Å². The van der Waals surface area contributed by atoms with E-state index in [9.17, 15) is 4.79 Å². The fourth-order valence-electron chi connectivity index (χ4n) is 1.49. The smallest absolute Gasteiger partial charge is 0.287 e. The summed E-state index contributed by atoms with van der Waals surface area (Å²) in [5, 5.41) is 13.5. The minimum atomic E-state index is -0.320. The summed E-state index contributed by atoms with van der Waals surface area (Å²) in [6.45, 7) is 0.417. The van der Waals surface area contributed by atoms with Crippen LogP contribution in [0.25, 0.3) is 0 Å². The Morgan fingerprint density at radius 2 is 2.30 bits per heavy atom. The van der Waals surface area contributed by atoms with Crippen LogP contribution in [0, 0.1) is 11.8 Å². The molecule has 0 saturated heterocycles. The number of amides is 1. The molecule has 0 radical (unpaired) electrons. The average Bonchev–Trinajstić information content (AvgIpc) is 3.05. The molecule has 0 aromatic carbocycles. The van der Waals surface area contributed by atoms with Crippen molar-refractivity contribution in [2.45, 2.75) is 13.0 Å². The molecule has 2 aromatic rings. The standard InChI is InChI=1S/C14H12ClNO3S/c15-13-5-4-11(19-13)14(18)16-9-12-10(6-8-20-12)3-1-2-7-17/h4-6,8,17H,2,7,9H2,(H,16,18). The van der Waals surface area contributed by atoms with Crippen LogP contribution in [0.5, 0.6) is 0 Å². The Balaban J connectivity index is 1.96. The zero-order chi connectivity index (χ0) is 14.4. The SMILES string of the molecule is O=C(NCc1sccc1C#CCCO)c1ccc(Cl)o1. The third-order valence-corrected chi connectivity index (χ3v) is 3.54. The van der Waals surface area contributed by atoms with Crippen LogP contribution in [0.3, 0.4) is 0 Å². The minimum absolute atomic E-state index is 0.0441. The molecule has 0 aliphatic heterocycles. The van der Waals surface area contributed by atoms with Gasteiger partial charge in [0.05, 0.1) is 13.2 Å². The molecule has 0 fully saturated rings. The fourth-order valence-corrected chi connectivity index (χ4v) is 2.40. The molecule has 104 valence electrons. The van der Waals surface area contributed by atoms with Crippen LogP contribution in [0.4, 0.5) is 0 Å². The number of carbonyl (C=O) groups is 1. The van der Waals surface area contributed by atoms with Gasteiger partial charge in [0.25, 0.3) is 5.91 Å². The third-order valence-electron chi connectivity index (χ3n) is 2.41. The number of furan rings is 1. The second kappa shape index (κ2) is 7.15. The van der Waals surface area contributed by atoms with Crippen LogP contribution in [-0.2, 0) is 6.54 Å². The number of nitrogens with one attached hydrogen (secondary N) is 1. The molecule has 0 spiro atoms. The number of carbonyl (C=O) groups excluding carboxylic acids is 1. The maximum atomic E-state index is 11.8. The Morgan fingerprint density at radius 1 is 1.45 bits per heavy atom. The molecule has 4 nitrogen and oxygen atoms in total. The molecule has 2 N–H and O–H groups in total. The lowest BCUT2D eigenvalue weighted by Crippen LogP contribution is -2.22. The van der Waals surface area contributed by atoms with Gasteiger partial charge in [0, 0.05) is 16.9 Å². The highest BCUT2D eigenvalue weighted by molar-refractivity contribution is 7.10. The van der Waals surface area contributed by atoms with Crippen molar-refractivity contribution in [2.75, 3.05) is 6.61 Å². The minimum Gasteiger partial charge on any atom is -0.440 e. The molecular formula is C14H12ClNO3S. The summed E-state index contributed by atoms with van der Waals surface area (Å²) < 4.78 is 5.03. The van der Waals surface area contributed by atoms with Crippen LogP contribution in [-0.4, -0.2) is 17.6 Å². The molecule has 6 heteroatoms. The number of aliphatic hydroxyl groups is 1. The Bertz CT molecular complexity index is 651. The molecule has 0 unspecified atom stereocenters. The molecule has 0 atom stereocenters. The van der Waals surface area contributed by atoms with Crippen LogP contribution in [0.1, 0.15) is 27.4 Å². The second-order valence-corrected chi connectivity index (χ2v) is 5.19. The molecule has 1 amide bonds. The van der Waals surface area contributed by atoms with Crippen molar-refractivity contribution < 1.29 is 14.3 Å². The van der Waals surface area contributed by atoms with Gasteiger partial charge in [0.2, 0.25) is 0 Å². The molecule has 2 rings (SSSR count). The third kappa shape index (κ3) is 3.87. The molecular weight excluding hydrogens is 298 g/mol. The van der Waals surface area contributed by atoms with E-state index in [-0.39, 0.29) is 23.5 Å². The number of rotatable bonds is 4. The van der Waals surface area contributed by atoms with Gasteiger partial charge in [-0.15, -0.1) is 11.3 Å². The van der Waals surface area contributed by atoms with Gasteiger partial charge in [-0.05, 0) is 35.2 Å². The van der Waals surface area contributed by atoms with Gasteiger partial charge >= 0.3 is 0 Å². The van der Waals surface area contributed by atoms with Crippen molar-refractivity contribution in [1.29, 1.82) is 0 Å². The summed E-state index contributed by atoms with van der Waals surface area (Å²) in [5.74, 6) is 5.69. The topological polar surface area (TPSA) is 62.5 Å². The Morgan fingerprint density at radius 3 is 3.00 bits per heavy atom. The van der Waals surface area contributed by atoms with E-state index in [1.807, 2.05) is 11.4 Å². The first-order valence-electron chi connectivity index (χ1n) is 5.90. The number of hydrogen-bond acceptors (Lipinski definition) is 4. The maximum absolute atomic E-state index is 11.8. The molecule has 0 bridgehead atoms. The van der Waals surface area contributed by atoms with Gasteiger partial charge in [-0.2, -0.15) is 0 Å². The summed E-state index contributed by atoms with van der Waals surface area (Å²) in [7, 11) is 0. The predicted octanol–water partition coefficient (Wildman–Crippen LogP) is 2.66. The van der Waals surface area contributed by atoms with E-state index in [2.05, 4.69) is 17.2 Å². The summed E-state index contributed by atoms with van der Waals surface area (Å²) in [4.78, 5) is 12.8. The van der Waals surface area contributed by atoms with Crippen LogP contribution >= 0.6 is 22.9 Å². The van der Waals surface area contributed by atoms with Crippen LogP contribution in [0.15, 0.2) is 28.0 Å². The molecule has 2 aromatic heterocycles. The van der Waals surface area contributed by atoms with E-state index >= 15 is 0 Å². The van der Waals surface area contributed by atoms with Crippen molar-refractivity contribution in [3.8, 4) is 11.8 Å². The van der Waals surface area contributed by atoms with Gasteiger partial charge in [0.1, 0.15) is 0 Å². The number of aliphatic hydroxyl groups excluding tert-OH is 1. The highest BCUT2D eigenvalue weighted by Gasteiger charge is 2.11. The Labute approximate surface area is 125 Å². The summed E-state index contributed by atoms with van der Waals surface area (Å²) in [6, 6.07) is 4.93. The molecule has 0 saturated carbocycles. The molecule has 0 aliphatic rings. The number of halogens is 1. The Kier molecular flexibility index (Phi) is 5.24. The summed E-state index contributed by atoms with van der Waals surface area (Å²) in [5.41, 5.74) is 0.862.